The summed E-state index contributed by atoms with van der Waals surface area (Å²) < 4.78 is 11.0. The largest absolute Gasteiger partial charge is 0.496 e. The van der Waals surface area contributed by atoms with Crippen LogP contribution < -0.4 is 4.74 Å². The molecule has 94 valence electrons. The molecule has 0 aliphatic carbocycles. The first-order valence-electron chi connectivity index (χ1n) is 6.59. The van der Waals surface area contributed by atoms with Crippen LogP contribution >= 0.6 is 0 Å². The molecule has 2 atom stereocenters. The van der Waals surface area contributed by atoms with E-state index < -0.39 is 0 Å². The second-order valence-corrected chi connectivity index (χ2v) is 4.66. The van der Waals surface area contributed by atoms with Crippen molar-refractivity contribution in [3.05, 3.63) is 29.3 Å². The van der Waals surface area contributed by atoms with Crippen LogP contribution in [-0.2, 0) is 17.6 Å². The molecule has 2 unspecified atom stereocenters. The van der Waals surface area contributed by atoms with Crippen molar-refractivity contribution in [3.8, 4) is 5.75 Å². The molecule has 1 fully saturated rings. The Hall–Kier alpha value is -1.02. The Kier molecular flexibility index (Phi) is 4.06. The highest BCUT2D eigenvalue weighted by Crippen LogP contribution is 2.31. The monoisotopic (exact) mass is 234 g/mol. The van der Waals surface area contributed by atoms with Crippen LogP contribution in [0.3, 0.4) is 0 Å². The lowest BCUT2D eigenvalue weighted by Gasteiger charge is -2.09. The van der Waals surface area contributed by atoms with Gasteiger partial charge in [0.2, 0.25) is 0 Å². The third kappa shape index (κ3) is 3.01. The normalized spacial score (nSPS) is 22.5. The summed E-state index contributed by atoms with van der Waals surface area (Å²) in [6.45, 7) is 4.37. The van der Waals surface area contributed by atoms with Crippen molar-refractivity contribution in [2.75, 3.05) is 7.11 Å². The van der Waals surface area contributed by atoms with Crippen LogP contribution in [0.5, 0.6) is 5.75 Å². The van der Waals surface area contributed by atoms with E-state index in [0.29, 0.717) is 12.2 Å². The van der Waals surface area contributed by atoms with Crippen molar-refractivity contribution in [2.24, 2.45) is 0 Å². The number of aryl methyl sites for hydroxylation is 2. The van der Waals surface area contributed by atoms with Crippen molar-refractivity contribution in [3.63, 3.8) is 0 Å². The van der Waals surface area contributed by atoms with E-state index in [9.17, 15) is 0 Å². The van der Waals surface area contributed by atoms with Gasteiger partial charge in [0.1, 0.15) is 5.75 Å². The van der Waals surface area contributed by atoms with Gasteiger partial charge in [-0.3, -0.25) is 0 Å². The molecule has 0 saturated carbocycles. The maximum atomic E-state index is 5.58. The summed E-state index contributed by atoms with van der Waals surface area (Å²) in [4.78, 5) is 0. The Labute approximate surface area is 104 Å². The minimum absolute atomic E-state index is 0.481. The van der Waals surface area contributed by atoms with Crippen LogP contribution in [0, 0.1) is 0 Å². The van der Waals surface area contributed by atoms with Crippen molar-refractivity contribution >= 4 is 0 Å². The minimum Gasteiger partial charge on any atom is -0.496 e. The van der Waals surface area contributed by atoms with Crippen molar-refractivity contribution < 1.29 is 9.47 Å². The highest BCUT2D eigenvalue weighted by Gasteiger charge is 2.36. The first-order valence-corrected chi connectivity index (χ1v) is 6.59. The SMILES string of the molecule is CCc1ccc(OC)c(CCC2OC2CC)c1. The molecule has 17 heavy (non-hydrogen) atoms. The fourth-order valence-electron chi connectivity index (χ4n) is 2.34. The molecule has 0 bridgehead atoms. The molecule has 0 radical (unpaired) electrons. The summed E-state index contributed by atoms with van der Waals surface area (Å²) in [7, 11) is 1.74. The van der Waals surface area contributed by atoms with Gasteiger partial charge in [-0.15, -0.1) is 0 Å². The van der Waals surface area contributed by atoms with E-state index >= 15 is 0 Å². The predicted octanol–water partition coefficient (Wildman–Crippen LogP) is 3.37. The molecule has 0 aromatic heterocycles. The molecular formula is C15H22O2. The Morgan fingerprint density at radius 3 is 2.65 bits per heavy atom. The molecule has 2 rings (SSSR count). The number of hydrogen-bond acceptors (Lipinski definition) is 2. The van der Waals surface area contributed by atoms with Gasteiger partial charge in [-0.05, 0) is 42.9 Å². The number of hydrogen-bond donors (Lipinski definition) is 0. The summed E-state index contributed by atoms with van der Waals surface area (Å²) >= 11 is 0. The van der Waals surface area contributed by atoms with Crippen LogP contribution in [0.4, 0.5) is 0 Å². The zero-order valence-corrected chi connectivity index (χ0v) is 11.0. The Morgan fingerprint density at radius 2 is 2.06 bits per heavy atom. The molecule has 0 N–H and O–H groups in total. The first-order chi connectivity index (χ1) is 8.28. The molecule has 1 heterocycles. The zero-order valence-electron chi connectivity index (χ0n) is 11.0. The van der Waals surface area contributed by atoms with Gasteiger partial charge in [0, 0.05) is 0 Å². The lowest BCUT2D eigenvalue weighted by Crippen LogP contribution is -1.99. The van der Waals surface area contributed by atoms with Gasteiger partial charge >= 0.3 is 0 Å². The smallest absolute Gasteiger partial charge is 0.122 e. The molecule has 2 heteroatoms. The third-order valence-corrected chi connectivity index (χ3v) is 3.54. The van der Waals surface area contributed by atoms with Gasteiger partial charge in [0.15, 0.2) is 0 Å². The standard InChI is InChI=1S/C15H22O2/c1-4-11-6-8-14(16-3)12(10-11)7-9-15-13(5-2)17-15/h6,8,10,13,15H,4-5,7,9H2,1-3H3. The van der Waals surface area contributed by atoms with E-state index in [-0.39, 0.29) is 0 Å². The number of benzene rings is 1. The number of rotatable bonds is 6. The van der Waals surface area contributed by atoms with Gasteiger partial charge in [-0.2, -0.15) is 0 Å². The fraction of sp³-hybridized carbons (Fsp3) is 0.600. The quantitative estimate of drug-likeness (QED) is 0.704. The first kappa shape index (κ1) is 12.4. The molecule has 1 aromatic rings. The predicted molar refractivity (Wildman–Crippen MR) is 69.6 cm³/mol. The van der Waals surface area contributed by atoms with E-state index in [4.69, 9.17) is 9.47 Å². The van der Waals surface area contributed by atoms with Crippen LogP contribution in [0.2, 0.25) is 0 Å². The number of ether oxygens (including phenoxy) is 2. The number of methoxy groups -OCH3 is 1. The average molecular weight is 234 g/mol. The average Bonchev–Trinajstić information content (AvgIpc) is 3.14. The Morgan fingerprint density at radius 1 is 1.24 bits per heavy atom. The lowest BCUT2D eigenvalue weighted by atomic mass is 10.0. The molecule has 1 aromatic carbocycles. The number of epoxide rings is 1. The van der Waals surface area contributed by atoms with E-state index in [0.717, 1.165) is 31.4 Å². The second-order valence-electron chi connectivity index (χ2n) is 4.66. The molecule has 1 aliphatic heterocycles. The highest BCUT2D eigenvalue weighted by atomic mass is 16.6. The lowest BCUT2D eigenvalue weighted by molar-refractivity contribution is 0.358. The summed E-state index contributed by atoms with van der Waals surface area (Å²) in [6, 6.07) is 6.49. The van der Waals surface area contributed by atoms with Crippen LogP contribution in [0.15, 0.2) is 18.2 Å². The zero-order chi connectivity index (χ0) is 12.3. The maximum absolute atomic E-state index is 5.58. The molecule has 1 saturated heterocycles. The van der Waals surface area contributed by atoms with E-state index in [1.807, 2.05) is 0 Å². The Bertz CT molecular complexity index is 373. The minimum atomic E-state index is 0.481. The van der Waals surface area contributed by atoms with Gasteiger partial charge in [0.25, 0.3) is 0 Å². The molecule has 0 spiro atoms. The molecular weight excluding hydrogens is 212 g/mol. The van der Waals surface area contributed by atoms with Crippen molar-refractivity contribution in [1.29, 1.82) is 0 Å². The van der Waals surface area contributed by atoms with Crippen molar-refractivity contribution in [1.82, 2.24) is 0 Å². The molecule has 2 nitrogen and oxygen atoms in total. The topological polar surface area (TPSA) is 21.8 Å². The second kappa shape index (κ2) is 5.54. The van der Waals surface area contributed by atoms with Crippen LogP contribution in [-0.4, -0.2) is 19.3 Å². The van der Waals surface area contributed by atoms with Gasteiger partial charge in [-0.25, -0.2) is 0 Å². The van der Waals surface area contributed by atoms with Gasteiger partial charge in [0.05, 0.1) is 19.3 Å². The fourth-order valence-corrected chi connectivity index (χ4v) is 2.34. The summed E-state index contributed by atoms with van der Waals surface area (Å²) in [5, 5.41) is 0. The van der Waals surface area contributed by atoms with E-state index in [2.05, 4.69) is 32.0 Å². The van der Waals surface area contributed by atoms with E-state index in [1.54, 1.807) is 7.11 Å². The third-order valence-electron chi connectivity index (χ3n) is 3.54. The van der Waals surface area contributed by atoms with Crippen molar-refractivity contribution in [2.45, 2.75) is 51.7 Å². The van der Waals surface area contributed by atoms with Gasteiger partial charge in [-0.1, -0.05) is 26.0 Å². The Balaban J connectivity index is 1.98. The summed E-state index contributed by atoms with van der Waals surface area (Å²) in [6.07, 6.45) is 5.37. The maximum Gasteiger partial charge on any atom is 0.122 e. The molecule has 1 aliphatic rings. The summed E-state index contributed by atoms with van der Waals surface area (Å²) in [5.41, 5.74) is 2.70. The van der Waals surface area contributed by atoms with Crippen LogP contribution in [0.25, 0.3) is 0 Å². The highest BCUT2D eigenvalue weighted by molar-refractivity contribution is 5.37. The summed E-state index contributed by atoms with van der Waals surface area (Å²) in [5.74, 6) is 1.01. The van der Waals surface area contributed by atoms with Gasteiger partial charge < -0.3 is 9.47 Å². The van der Waals surface area contributed by atoms with Crippen LogP contribution in [0.1, 0.15) is 37.8 Å². The van der Waals surface area contributed by atoms with E-state index in [1.165, 1.54) is 11.1 Å². The molecule has 0 amide bonds.